The number of rotatable bonds is 4. The molecule has 1 aliphatic rings. The molecule has 0 atom stereocenters. The fraction of sp³-hybridized carbons (Fsp3) is 0.533. The van der Waals surface area contributed by atoms with Gasteiger partial charge in [-0.05, 0) is 30.9 Å². The van der Waals surface area contributed by atoms with E-state index in [0.717, 1.165) is 32.5 Å². The van der Waals surface area contributed by atoms with Crippen molar-refractivity contribution in [3.8, 4) is 0 Å². The highest BCUT2D eigenvalue weighted by Crippen LogP contribution is 2.16. The second-order valence-electron chi connectivity index (χ2n) is 5.18. The molecular weight excluding hydrogens is 295 g/mol. The van der Waals surface area contributed by atoms with E-state index >= 15 is 0 Å². The summed E-state index contributed by atoms with van der Waals surface area (Å²) in [4.78, 5) is 13.7. The zero-order chi connectivity index (χ0) is 13.7. The van der Waals surface area contributed by atoms with Crippen LogP contribution in [0.1, 0.15) is 24.0 Å². The van der Waals surface area contributed by atoms with Gasteiger partial charge in [-0.3, -0.25) is 9.69 Å². The van der Waals surface area contributed by atoms with Crippen LogP contribution < -0.4 is 5.32 Å². The highest BCUT2D eigenvalue weighted by Gasteiger charge is 2.20. The second-order valence-corrected chi connectivity index (χ2v) is 5.45. The van der Waals surface area contributed by atoms with Crippen molar-refractivity contribution in [1.29, 1.82) is 0 Å². The highest BCUT2D eigenvalue weighted by molar-refractivity contribution is 6.27. The Morgan fingerprint density at radius 2 is 2.00 bits per heavy atom. The van der Waals surface area contributed by atoms with Crippen LogP contribution in [0.3, 0.4) is 0 Å². The zero-order valence-electron chi connectivity index (χ0n) is 11.8. The largest absolute Gasteiger partial charge is 0.352 e. The Kier molecular flexibility index (Phi) is 7.35. The number of hydrogen-bond donors (Lipinski definition) is 1. The molecule has 3 nitrogen and oxygen atoms in total. The lowest BCUT2D eigenvalue weighted by Gasteiger charge is -2.32. The van der Waals surface area contributed by atoms with Crippen molar-refractivity contribution in [1.82, 2.24) is 10.2 Å². The molecule has 1 N–H and O–H groups in total. The molecular formula is C15H22Cl2N2O. The van der Waals surface area contributed by atoms with Crippen LogP contribution in [0.25, 0.3) is 0 Å². The molecule has 1 amide bonds. The van der Waals surface area contributed by atoms with E-state index in [4.69, 9.17) is 11.6 Å². The Bertz CT molecular complexity index is 432. The number of piperidine rings is 1. The number of aryl methyl sites for hydroxylation is 1. The standard InChI is InChI=1S/C15H21ClN2O.ClH/c1-12-4-2-3-5-13(12)11-18-8-6-14(7-9-18)17-15(19)10-16;/h2-5,14H,6-11H2,1H3,(H,17,19);1H. The van der Waals surface area contributed by atoms with E-state index in [-0.39, 0.29) is 24.2 Å². The summed E-state index contributed by atoms with van der Waals surface area (Å²) in [5.74, 6) is 0.00249. The molecule has 0 spiro atoms. The lowest BCUT2D eigenvalue weighted by atomic mass is 10.0. The van der Waals surface area contributed by atoms with Crippen LogP contribution in [0, 0.1) is 6.92 Å². The minimum absolute atomic E-state index is 0. The SMILES string of the molecule is Cc1ccccc1CN1CCC(NC(=O)CCl)CC1.Cl. The molecule has 0 aliphatic carbocycles. The zero-order valence-corrected chi connectivity index (χ0v) is 13.3. The number of benzene rings is 1. The number of carbonyl (C=O) groups is 1. The molecule has 1 aliphatic heterocycles. The quantitative estimate of drug-likeness (QED) is 0.866. The summed E-state index contributed by atoms with van der Waals surface area (Å²) in [6, 6.07) is 8.81. The van der Waals surface area contributed by atoms with Crippen LogP contribution in [-0.2, 0) is 11.3 Å². The molecule has 20 heavy (non-hydrogen) atoms. The first kappa shape index (κ1) is 17.3. The average molecular weight is 317 g/mol. The molecule has 1 aromatic carbocycles. The van der Waals surface area contributed by atoms with Gasteiger partial charge >= 0.3 is 0 Å². The number of alkyl halides is 1. The van der Waals surface area contributed by atoms with Gasteiger partial charge in [0.05, 0.1) is 0 Å². The first-order chi connectivity index (χ1) is 9.19. The van der Waals surface area contributed by atoms with Crippen LogP contribution >= 0.6 is 24.0 Å². The minimum atomic E-state index is -0.0565. The molecule has 0 saturated carbocycles. The number of carbonyl (C=O) groups excluding carboxylic acids is 1. The lowest BCUT2D eigenvalue weighted by molar-refractivity contribution is -0.119. The summed E-state index contributed by atoms with van der Waals surface area (Å²) in [6.45, 7) is 5.22. The van der Waals surface area contributed by atoms with Gasteiger partial charge in [-0.1, -0.05) is 24.3 Å². The van der Waals surface area contributed by atoms with E-state index in [0.29, 0.717) is 6.04 Å². The third-order valence-electron chi connectivity index (χ3n) is 3.73. The third kappa shape index (κ3) is 4.97. The molecule has 0 unspecified atom stereocenters. The first-order valence-electron chi connectivity index (χ1n) is 6.81. The predicted octanol–water partition coefficient (Wildman–Crippen LogP) is 2.74. The number of amides is 1. The molecule has 1 saturated heterocycles. The Balaban J connectivity index is 0.00000200. The average Bonchev–Trinajstić information content (AvgIpc) is 2.43. The summed E-state index contributed by atoms with van der Waals surface area (Å²) in [5.41, 5.74) is 2.74. The van der Waals surface area contributed by atoms with Crippen LogP contribution in [-0.4, -0.2) is 35.8 Å². The van der Waals surface area contributed by atoms with E-state index in [9.17, 15) is 4.79 Å². The Labute approximate surface area is 132 Å². The van der Waals surface area contributed by atoms with Crippen LogP contribution in [0.4, 0.5) is 0 Å². The second kappa shape index (κ2) is 8.50. The van der Waals surface area contributed by atoms with Gasteiger partial charge in [0.15, 0.2) is 0 Å². The molecule has 1 heterocycles. The van der Waals surface area contributed by atoms with E-state index in [1.807, 2.05) is 0 Å². The van der Waals surface area contributed by atoms with Crippen LogP contribution in [0.2, 0.25) is 0 Å². The Morgan fingerprint density at radius 1 is 1.35 bits per heavy atom. The Morgan fingerprint density at radius 3 is 2.60 bits per heavy atom. The molecule has 1 aromatic rings. The van der Waals surface area contributed by atoms with Crippen molar-refractivity contribution >= 4 is 29.9 Å². The molecule has 112 valence electrons. The van der Waals surface area contributed by atoms with Gasteiger partial charge in [0.25, 0.3) is 0 Å². The summed E-state index contributed by atoms with van der Waals surface area (Å²) in [6.07, 6.45) is 2.02. The highest BCUT2D eigenvalue weighted by atomic mass is 35.5. The maximum atomic E-state index is 11.2. The van der Waals surface area contributed by atoms with E-state index < -0.39 is 0 Å². The molecule has 0 radical (unpaired) electrons. The number of likely N-dealkylation sites (tertiary alicyclic amines) is 1. The first-order valence-corrected chi connectivity index (χ1v) is 7.34. The van der Waals surface area contributed by atoms with Gasteiger partial charge in [0, 0.05) is 25.7 Å². The van der Waals surface area contributed by atoms with Gasteiger partial charge in [0.1, 0.15) is 5.88 Å². The third-order valence-corrected chi connectivity index (χ3v) is 3.97. The monoisotopic (exact) mass is 316 g/mol. The topological polar surface area (TPSA) is 32.3 Å². The van der Waals surface area contributed by atoms with Gasteiger partial charge in [-0.25, -0.2) is 0 Å². The van der Waals surface area contributed by atoms with E-state index in [2.05, 4.69) is 41.4 Å². The molecule has 2 rings (SSSR count). The summed E-state index contributed by atoms with van der Waals surface area (Å²) in [5, 5.41) is 2.97. The van der Waals surface area contributed by atoms with Crippen molar-refractivity contribution in [2.45, 2.75) is 32.4 Å². The maximum absolute atomic E-state index is 11.2. The van der Waals surface area contributed by atoms with Gasteiger partial charge in [-0.15, -0.1) is 24.0 Å². The lowest BCUT2D eigenvalue weighted by Crippen LogP contribution is -2.44. The van der Waals surface area contributed by atoms with Gasteiger partial charge in [-0.2, -0.15) is 0 Å². The fourth-order valence-electron chi connectivity index (χ4n) is 2.53. The van der Waals surface area contributed by atoms with Crippen LogP contribution in [0.5, 0.6) is 0 Å². The normalized spacial score (nSPS) is 16.5. The smallest absolute Gasteiger partial charge is 0.235 e. The van der Waals surface area contributed by atoms with Crippen LogP contribution in [0.15, 0.2) is 24.3 Å². The number of halogens is 2. The number of nitrogens with one attached hydrogen (secondary N) is 1. The summed E-state index contributed by atoms with van der Waals surface area (Å²) >= 11 is 5.50. The summed E-state index contributed by atoms with van der Waals surface area (Å²) < 4.78 is 0. The van der Waals surface area contributed by atoms with Crippen molar-refractivity contribution in [2.24, 2.45) is 0 Å². The number of hydrogen-bond acceptors (Lipinski definition) is 2. The van der Waals surface area contributed by atoms with E-state index in [1.54, 1.807) is 0 Å². The Hall–Kier alpha value is -0.770. The number of nitrogens with zero attached hydrogens (tertiary/aromatic N) is 1. The molecule has 0 aromatic heterocycles. The fourth-order valence-corrected chi connectivity index (χ4v) is 2.61. The maximum Gasteiger partial charge on any atom is 0.235 e. The minimum Gasteiger partial charge on any atom is -0.352 e. The van der Waals surface area contributed by atoms with Crippen molar-refractivity contribution in [3.05, 3.63) is 35.4 Å². The van der Waals surface area contributed by atoms with E-state index in [1.165, 1.54) is 11.1 Å². The summed E-state index contributed by atoms with van der Waals surface area (Å²) in [7, 11) is 0. The van der Waals surface area contributed by atoms with Gasteiger partial charge in [0.2, 0.25) is 5.91 Å². The predicted molar refractivity (Wildman–Crippen MR) is 85.6 cm³/mol. The van der Waals surface area contributed by atoms with Crippen molar-refractivity contribution in [3.63, 3.8) is 0 Å². The molecule has 0 bridgehead atoms. The van der Waals surface area contributed by atoms with Crippen molar-refractivity contribution in [2.75, 3.05) is 19.0 Å². The molecule has 5 heteroatoms. The van der Waals surface area contributed by atoms with Crippen molar-refractivity contribution < 1.29 is 4.79 Å². The molecule has 1 fully saturated rings. The van der Waals surface area contributed by atoms with Gasteiger partial charge < -0.3 is 5.32 Å².